The number of aliphatic hydroxyl groups excluding tert-OH is 1. The van der Waals surface area contributed by atoms with Crippen LogP contribution in [0.25, 0.3) is 0 Å². The molecule has 2 amide bonds. The van der Waals surface area contributed by atoms with Crippen molar-refractivity contribution in [3.63, 3.8) is 0 Å². The fraction of sp³-hybridized carbons (Fsp3) is 0.680. The van der Waals surface area contributed by atoms with Crippen molar-refractivity contribution < 1.29 is 19.5 Å². The molecule has 6 nitrogen and oxygen atoms in total. The molecule has 0 saturated carbocycles. The number of rotatable bonds is 12. The Morgan fingerprint density at radius 2 is 1.90 bits per heavy atom. The van der Waals surface area contributed by atoms with Gasteiger partial charge in [-0.25, -0.2) is 5.06 Å². The number of unbranched alkanes of at least 4 members (excludes halogenated alkanes) is 4. The van der Waals surface area contributed by atoms with Gasteiger partial charge in [-0.1, -0.05) is 69.4 Å². The summed E-state index contributed by atoms with van der Waals surface area (Å²) in [6.45, 7) is 6.51. The second kappa shape index (κ2) is 12.8. The van der Waals surface area contributed by atoms with Gasteiger partial charge in [0.1, 0.15) is 12.6 Å². The number of carbonyl (C=O) groups is 2. The van der Waals surface area contributed by atoms with Gasteiger partial charge in [-0.05, 0) is 45.1 Å². The summed E-state index contributed by atoms with van der Waals surface area (Å²) in [6, 6.07) is 9.09. The van der Waals surface area contributed by atoms with Crippen LogP contribution >= 0.6 is 0 Å². The first-order valence-corrected chi connectivity index (χ1v) is 11.8. The summed E-state index contributed by atoms with van der Waals surface area (Å²) in [7, 11) is 0. The molecule has 1 aliphatic heterocycles. The lowest BCUT2D eigenvalue weighted by atomic mass is 9.82. The summed E-state index contributed by atoms with van der Waals surface area (Å²) in [4.78, 5) is 31.7. The van der Waals surface area contributed by atoms with Crippen molar-refractivity contribution >= 4 is 11.8 Å². The Balaban J connectivity index is 1.89. The van der Waals surface area contributed by atoms with E-state index in [1.165, 1.54) is 17.9 Å². The van der Waals surface area contributed by atoms with Crippen LogP contribution in [0.4, 0.5) is 0 Å². The molecule has 174 valence electrons. The summed E-state index contributed by atoms with van der Waals surface area (Å²) < 4.78 is 0. The molecule has 1 fully saturated rings. The van der Waals surface area contributed by atoms with E-state index in [1.807, 2.05) is 30.3 Å². The second-order valence-corrected chi connectivity index (χ2v) is 9.16. The number of nitrogens with one attached hydrogen (secondary N) is 1. The van der Waals surface area contributed by atoms with Crippen LogP contribution in [0, 0.1) is 5.41 Å². The predicted molar refractivity (Wildman–Crippen MR) is 122 cm³/mol. The molecule has 1 aliphatic rings. The first-order chi connectivity index (χ1) is 14.9. The van der Waals surface area contributed by atoms with E-state index < -0.39 is 17.6 Å². The highest BCUT2D eigenvalue weighted by molar-refractivity contribution is 5.89. The largest absolute Gasteiger partial charge is 0.392 e. The molecule has 0 unspecified atom stereocenters. The van der Waals surface area contributed by atoms with Gasteiger partial charge in [-0.2, -0.15) is 0 Å². The van der Waals surface area contributed by atoms with Crippen LogP contribution in [0.5, 0.6) is 0 Å². The lowest BCUT2D eigenvalue weighted by Gasteiger charge is -2.32. The van der Waals surface area contributed by atoms with Crippen molar-refractivity contribution in [3.05, 3.63) is 35.9 Å². The number of aliphatic hydroxyl groups is 1. The standard InChI is InChI=1S/C25H40N2O4/c1-4-5-6-7-11-17-22(28)25(2,3)24(30)26-21-16-12-13-18-27(23(21)29)31-19-20-14-9-8-10-15-20/h8-10,14-15,21-22,28H,4-7,11-13,16-19H2,1-3H3,(H,26,30)/t21-,22-/m0/s1. The van der Waals surface area contributed by atoms with Crippen LogP contribution in [-0.2, 0) is 21.0 Å². The van der Waals surface area contributed by atoms with Crippen LogP contribution in [0.1, 0.15) is 84.1 Å². The van der Waals surface area contributed by atoms with Gasteiger partial charge in [0.15, 0.2) is 0 Å². The molecular formula is C25H40N2O4. The highest BCUT2D eigenvalue weighted by Gasteiger charge is 2.38. The van der Waals surface area contributed by atoms with Gasteiger partial charge in [-0.15, -0.1) is 0 Å². The minimum absolute atomic E-state index is 0.216. The molecule has 0 radical (unpaired) electrons. The number of benzene rings is 1. The number of hydroxylamine groups is 2. The monoisotopic (exact) mass is 432 g/mol. The molecular weight excluding hydrogens is 392 g/mol. The Morgan fingerprint density at radius 1 is 1.19 bits per heavy atom. The highest BCUT2D eigenvalue weighted by atomic mass is 16.7. The zero-order valence-corrected chi connectivity index (χ0v) is 19.4. The molecule has 1 heterocycles. The van der Waals surface area contributed by atoms with E-state index in [1.54, 1.807) is 13.8 Å². The van der Waals surface area contributed by atoms with Crippen LogP contribution in [-0.4, -0.2) is 40.7 Å². The Labute approximate surface area is 187 Å². The third-order valence-corrected chi connectivity index (χ3v) is 6.18. The van der Waals surface area contributed by atoms with E-state index >= 15 is 0 Å². The minimum Gasteiger partial charge on any atom is -0.392 e. The summed E-state index contributed by atoms with van der Waals surface area (Å²) in [5, 5.41) is 14.9. The Hall–Kier alpha value is -1.92. The molecule has 0 spiro atoms. The molecule has 2 rings (SSSR count). The average molecular weight is 433 g/mol. The van der Waals surface area contributed by atoms with Gasteiger partial charge in [0.25, 0.3) is 5.91 Å². The SMILES string of the molecule is CCCCCCC[C@H](O)C(C)(C)C(=O)N[C@H]1CCCCN(OCc2ccccc2)C1=O. The molecule has 6 heteroatoms. The van der Waals surface area contributed by atoms with Crippen LogP contribution in [0.3, 0.4) is 0 Å². The Bertz CT molecular complexity index is 677. The van der Waals surface area contributed by atoms with Crippen molar-refractivity contribution in [2.24, 2.45) is 5.41 Å². The number of carbonyl (C=O) groups excluding carboxylic acids is 2. The van der Waals surface area contributed by atoms with Crippen molar-refractivity contribution in [2.45, 2.75) is 97.3 Å². The topological polar surface area (TPSA) is 78.9 Å². The van der Waals surface area contributed by atoms with Gasteiger partial charge in [-0.3, -0.25) is 14.4 Å². The predicted octanol–water partition coefficient (Wildman–Crippen LogP) is 4.36. The lowest BCUT2D eigenvalue weighted by molar-refractivity contribution is -0.192. The van der Waals surface area contributed by atoms with Crippen molar-refractivity contribution in [2.75, 3.05) is 6.54 Å². The normalized spacial score (nSPS) is 18.5. The van der Waals surface area contributed by atoms with Crippen LogP contribution < -0.4 is 5.32 Å². The highest BCUT2D eigenvalue weighted by Crippen LogP contribution is 2.26. The van der Waals surface area contributed by atoms with Gasteiger partial charge in [0, 0.05) is 6.54 Å². The fourth-order valence-corrected chi connectivity index (χ4v) is 3.80. The quantitative estimate of drug-likeness (QED) is 0.481. The second-order valence-electron chi connectivity index (χ2n) is 9.16. The van der Waals surface area contributed by atoms with E-state index in [0.717, 1.165) is 37.7 Å². The number of amides is 2. The third kappa shape index (κ3) is 7.93. The number of hydrogen-bond acceptors (Lipinski definition) is 4. The third-order valence-electron chi connectivity index (χ3n) is 6.18. The van der Waals surface area contributed by atoms with E-state index in [-0.39, 0.29) is 11.8 Å². The molecule has 0 aliphatic carbocycles. The summed E-state index contributed by atoms with van der Waals surface area (Å²) in [5.74, 6) is -0.497. The van der Waals surface area contributed by atoms with E-state index in [0.29, 0.717) is 26.0 Å². The molecule has 1 aromatic rings. The van der Waals surface area contributed by atoms with Gasteiger partial charge in [0.2, 0.25) is 5.91 Å². The van der Waals surface area contributed by atoms with Gasteiger partial charge < -0.3 is 10.4 Å². The zero-order chi connectivity index (χ0) is 22.7. The zero-order valence-electron chi connectivity index (χ0n) is 19.4. The van der Waals surface area contributed by atoms with E-state index in [4.69, 9.17) is 4.84 Å². The fourth-order valence-electron chi connectivity index (χ4n) is 3.80. The summed E-state index contributed by atoms with van der Waals surface area (Å²) >= 11 is 0. The maximum absolute atomic E-state index is 13.0. The smallest absolute Gasteiger partial charge is 0.268 e. The average Bonchev–Trinajstić information content (AvgIpc) is 2.94. The Kier molecular flexibility index (Phi) is 10.5. The first-order valence-electron chi connectivity index (χ1n) is 11.8. The van der Waals surface area contributed by atoms with Crippen molar-refractivity contribution in [3.8, 4) is 0 Å². The van der Waals surface area contributed by atoms with E-state index in [9.17, 15) is 14.7 Å². The van der Waals surface area contributed by atoms with Crippen LogP contribution in [0.15, 0.2) is 30.3 Å². The first kappa shape index (κ1) is 25.3. The Morgan fingerprint density at radius 3 is 2.61 bits per heavy atom. The number of nitrogens with zero attached hydrogens (tertiary/aromatic N) is 1. The van der Waals surface area contributed by atoms with Gasteiger partial charge in [0.05, 0.1) is 11.5 Å². The lowest BCUT2D eigenvalue weighted by Crippen LogP contribution is -2.53. The maximum atomic E-state index is 13.0. The summed E-state index contributed by atoms with van der Waals surface area (Å²) in [6.07, 6.45) is 7.61. The summed E-state index contributed by atoms with van der Waals surface area (Å²) in [5.41, 5.74) is 0.0379. The molecule has 1 saturated heterocycles. The van der Waals surface area contributed by atoms with Crippen molar-refractivity contribution in [1.29, 1.82) is 0 Å². The van der Waals surface area contributed by atoms with Crippen molar-refractivity contribution in [1.82, 2.24) is 10.4 Å². The maximum Gasteiger partial charge on any atom is 0.268 e. The van der Waals surface area contributed by atoms with E-state index in [2.05, 4.69) is 12.2 Å². The van der Waals surface area contributed by atoms with Gasteiger partial charge >= 0.3 is 0 Å². The molecule has 1 aromatic carbocycles. The molecule has 2 atom stereocenters. The number of hydrogen-bond donors (Lipinski definition) is 2. The van der Waals surface area contributed by atoms with Crippen LogP contribution in [0.2, 0.25) is 0 Å². The molecule has 2 N–H and O–H groups in total. The molecule has 0 aromatic heterocycles. The molecule has 31 heavy (non-hydrogen) atoms. The minimum atomic E-state index is -0.951. The molecule has 0 bridgehead atoms.